The number of hydrogen-bond acceptors (Lipinski definition) is 6. The summed E-state index contributed by atoms with van der Waals surface area (Å²) in [6, 6.07) is 12.7. The van der Waals surface area contributed by atoms with Crippen LogP contribution in [-0.4, -0.2) is 31.1 Å². The van der Waals surface area contributed by atoms with Crippen molar-refractivity contribution in [2.75, 3.05) is 6.54 Å². The van der Waals surface area contributed by atoms with E-state index in [1.54, 1.807) is 36.5 Å². The highest BCUT2D eigenvalue weighted by Gasteiger charge is 2.32. The second-order valence-corrected chi connectivity index (χ2v) is 8.19. The molecule has 6 nitrogen and oxygen atoms in total. The van der Waals surface area contributed by atoms with Crippen molar-refractivity contribution in [2.45, 2.75) is 6.92 Å². The third kappa shape index (κ3) is 3.67. The first-order chi connectivity index (χ1) is 14.5. The molecule has 3 aromatic rings. The first-order valence-corrected chi connectivity index (χ1v) is 10.3. The van der Waals surface area contributed by atoms with E-state index in [-0.39, 0.29) is 22.9 Å². The molecule has 1 fully saturated rings. The van der Waals surface area contributed by atoms with Crippen LogP contribution in [0.15, 0.2) is 71.0 Å². The SMILES string of the molecule is C=CCN1C(=O)/C(=C\c2c(Oc3ccccc3C)nc3ccccn3c2=O)SC1=S. The smallest absolute Gasteiger partial charge is 0.269 e. The zero-order chi connectivity index (χ0) is 21.3. The molecule has 0 bridgehead atoms. The van der Waals surface area contributed by atoms with Crippen LogP contribution in [0.25, 0.3) is 11.7 Å². The molecule has 3 heterocycles. The van der Waals surface area contributed by atoms with Gasteiger partial charge in [-0.2, -0.15) is 4.98 Å². The van der Waals surface area contributed by atoms with Crippen LogP contribution < -0.4 is 10.3 Å². The van der Waals surface area contributed by atoms with Gasteiger partial charge >= 0.3 is 0 Å². The summed E-state index contributed by atoms with van der Waals surface area (Å²) < 4.78 is 7.86. The fourth-order valence-corrected chi connectivity index (χ4v) is 4.23. The number of amides is 1. The summed E-state index contributed by atoms with van der Waals surface area (Å²) in [4.78, 5) is 32.3. The zero-order valence-corrected chi connectivity index (χ0v) is 17.7. The quantitative estimate of drug-likeness (QED) is 0.340. The molecule has 0 radical (unpaired) electrons. The first kappa shape index (κ1) is 20.1. The fourth-order valence-electron chi connectivity index (χ4n) is 2.98. The summed E-state index contributed by atoms with van der Waals surface area (Å²) >= 11 is 6.43. The average Bonchev–Trinajstić information content (AvgIpc) is 3.00. The summed E-state index contributed by atoms with van der Waals surface area (Å²) in [5, 5.41) is 0. The number of fused-ring (bicyclic) bond motifs is 1. The van der Waals surface area contributed by atoms with Gasteiger partial charge in [-0.25, -0.2) is 0 Å². The second kappa shape index (κ2) is 8.25. The van der Waals surface area contributed by atoms with Crippen LogP contribution in [0, 0.1) is 6.92 Å². The van der Waals surface area contributed by atoms with Crippen LogP contribution in [0.1, 0.15) is 11.1 Å². The molecule has 0 aliphatic carbocycles. The molecule has 0 unspecified atom stereocenters. The number of benzene rings is 1. The molecule has 0 saturated carbocycles. The maximum absolute atomic E-state index is 13.2. The minimum atomic E-state index is -0.335. The Labute approximate surface area is 182 Å². The number of thiocarbonyl (C=S) groups is 1. The molecule has 1 amide bonds. The van der Waals surface area contributed by atoms with Crippen molar-refractivity contribution < 1.29 is 9.53 Å². The van der Waals surface area contributed by atoms with Crippen molar-refractivity contribution in [1.29, 1.82) is 0 Å². The van der Waals surface area contributed by atoms with Crippen molar-refractivity contribution in [3.63, 3.8) is 0 Å². The molecule has 2 aromatic heterocycles. The number of aromatic nitrogens is 2. The van der Waals surface area contributed by atoms with E-state index in [1.807, 2.05) is 25.1 Å². The van der Waals surface area contributed by atoms with Gasteiger partial charge in [-0.15, -0.1) is 6.58 Å². The predicted molar refractivity (Wildman–Crippen MR) is 123 cm³/mol. The fraction of sp³-hybridized carbons (Fsp3) is 0.0909. The lowest BCUT2D eigenvalue weighted by Gasteiger charge is -2.12. The van der Waals surface area contributed by atoms with Crippen molar-refractivity contribution in [1.82, 2.24) is 14.3 Å². The second-order valence-electron chi connectivity index (χ2n) is 6.51. The van der Waals surface area contributed by atoms with Gasteiger partial charge < -0.3 is 4.74 Å². The van der Waals surface area contributed by atoms with Gasteiger partial charge in [0.1, 0.15) is 21.3 Å². The van der Waals surface area contributed by atoms with Gasteiger partial charge in [-0.1, -0.05) is 54.3 Å². The molecule has 0 N–H and O–H groups in total. The molecule has 150 valence electrons. The van der Waals surface area contributed by atoms with E-state index in [4.69, 9.17) is 17.0 Å². The number of rotatable bonds is 5. The number of carbonyl (C=O) groups is 1. The predicted octanol–water partition coefficient (Wildman–Crippen LogP) is 4.18. The average molecular weight is 436 g/mol. The summed E-state index contributed by atoms with van der Waals surface area (Å²) in [5.74, 6) is 0.442. The highest BCUT2D eigenvalue weighted by atomic mass is 32.2. The van der Waals surface area contributed by atoms with E-state index >= 15 is 0 Å². The molecular formula is C22H17N3O3S2. The molecule has 1 aliphatic heterocycles. The maximum Gasteiger partial charge on any atom is 0.269 e. The molecule has 0 spiro atoms. The van der Waals surface area contributed by atoms with E-state index < -0.39 is 0 Å². The Morgan fingerprint density at radius 2 is 1.97 bits per heavy atom. The minimum Gasteiger partial charge on any atom is -0.438 e. The van der Waals surface area contributed by atoms with Gasteiger partial charge in [0, 0.05) is 12.7 Å². The Balaban J connectivity index is 1.88. The molecule has 30 heavy (non-hydrogen) atoms. The highest BCUT2D eigenvalue weighted by molar-refractivity contribution is 8.26. The highest BCUT2D eigenvalue weighted by Crippen LogP contribution is 2.34. The maximum atomic E-state index is 13.2. The number of carbonyl (C=O) groups excluding carboxylic acids is 1. The number of thioether (sulfide) groups is 1. The zero-order valence-electron chi connectivity index (χ0n) is 16.1. The van der Waals surface area contributed by atoms with Gasteiger partial charge in [0.2, 0.25) is 5.88 Å². The van der Waals surface area contributed by atoms with Crippen molar-refractivity contribution >= 4 is 45.9 Å². The standard InChI is InChI=1S/C22H17N3O3S2/c1-3-11-25-21(27)17(30-22(25)29)13-15-19(28-16-9-5-4-8-14(16)2)23-18-10-6-7-12-24(18)20(15)26/h3-10,12-13H,1,11H2,2H3/b17-13+. The number of hydrogen-bond donors (Lipinski definition) is 0. The lowest BCUT2D eigenvalue weighted by atomic mass is 10.2. The van der Waals surface area contributed by atoms with Crippen LogP contribution in [0.3, 0.4) is 0 Å². The van der Waals surface area contributed by atoms with Gasteiger partial charge in [0.15, 0.2) is 0 Å². The Bertz CT molecular complexity index is 1280. The van der Waals surface area contributed by atoms with Crippen LogP contribution in [-0.2, 0) is 4.79 Å². The number of aryl methyl sites for hydroxylation is 1. The normalized spacial score (nSPS) is 15.2. The van der Waals surface area contributed by atoms with Crippen LogP contribution >= 0.6 is 24.0 Å². The van der Waals surface area contributed by atoms with Crippen molar-refractivity contribution in [3.05, 3.63) is 87.7 Å². The number of ether oxygens (including phenoxy) is 1. The molecule has 8 heteroatoms. The third-order valence-electron chi connectivity index (χ3n) is 4.49. The molecule has 0 atom stereocenters. The monoisotopic (exact) mass is 435 g/mol. The van der Waals surface area contributed by atoms with Crippen molar-refractivity contribution in [2.24, 2.45) is 0 Å². The van der Waals surface area contributed by atoms with Gasteiger partial charge in [-0.05, 0) is 36.8 Å². The van der Waals surface area contributed by atoms with Crippen molar-refractivity contribution in [3.8, 4) is 11.6 Å². The Morgan fingerprint density at radius 3 is 2.73 bits per heavy atom. The Hall–Kier alpha value is -3.23. The number of para-hydroxylation sites is 1. The summed E-state index contributed by atoms with van der Waals surface area (Å²) in [5.41, 5.74) is 1.19. The summed E-state index contributed by atoms with van der Waals surface area (Å²) in [6.45, 7) is 5.87. The van der Waals surface area contributed by atoms with E-state index in [0.29, 0.717) is 27.2 Å². The number of nitrogens with zero attached hydrogens (tertiary/aromatic N) is 3. The topological polar surface area (TPSA) is 63.9 Å². The number of pyridine rings is 1. The van der Waals surface area contributed by atoms with Crippen LogP contribution in [0.5, 0.6) is 11.6 Å². The van der Waals surface area contributed by atoms with Crippen LogP contribution in [0.4, 0.5) is 0 Å². The first-order valence-electron chi connectivity index (χ1n) is 9.10. The summed E-state index contributed by atoms with van der Waals surface area (Å²) in [7, 11) is 0. The molecule has 1 saturated heterocycles. The van der Waals surface area contributed by atoms with Gasteiger partial charge in [0.25, 0.3) is 11.5 Å². The van der Waals surface area contributed by atoms with Gasteiger partial charge in [-0.3, -0.25) is 18.9 Å². The minimum absolute atomic E-state index is 0.134. The largest absolute Gasteiger partial charge is 0.438 e. The Morgan fingerprint density at radius 1 is 1.20 bits per heavy atom. The molecule has 4 rings (SSSR count). The van der Waals surface area contributed by atoms with E-state index in [1.165, 1.54) is 15.4 Å². The lowest BCUT2D eigenvalue weighted by Crippen LogP contribution is -2.28. The molecular weight excluding hydrogens is 418 g/mol. The van der Waals surface area contributed by atoms with Crippen LogP contribution in [0.2, 0.25) is 0 Å². The summed E-state index contributed by atoms with van der Waals surface area (Å²) in [6.07, 6.45) is 4.74. The Kier molecular flexibility index (Phi) is 5.52. The third-order valence-corrected chi connectivity index (χ3v) is 5.87. The van der Waals surface area contributed by atoms with E-state index in [0.717, 1.165) is 17.3 Å². The lowest BCUT2D eigenvalue weighted by molar-refractivity contribution is -0.121. The van der Waals surface area contributed by atoms with E-state index in [2.05, 4.69) is 11.6 Å². The molecule has 1 aliphatic rings. The molecule has 1 aromatic carbocycles. The van der Waals surface area contributed by atoms with Gasteiger partial charge in [0.05, 0.1) is 4.91 Å². The van der Waals surface area contributed by atoms with E-state index in [9.17, 15) is 9.59 Å².